The Morgan fingerprint density at radius 1 is 1.29 bits per heavy atom. The second-order valence-corrected chi connectivity index (χ2v) is 6.37. The van der Waals surface area contributed by atoms with Gasteiger partial charge in [0.15, 0.2) is 0 Å². The molecular weight excluding hydrogens is 329 g/mol. The van der Waals surface area contributed by atoms with Crippen LogP contribution in [0.2, 0.25) is 0 Å². The number of benzene rings is 2. The van der Waals surface area contributed by atoms with E-state index in [-0.39, 0.29) is 12.1 Å². The molecule has 0 saturated carbocycles. The summed E-state index contributed by atoms with van der Waals surface area (Å²) in [6.07, 6.45) is -0.840. The van der Waals surface area contributed by atoms with Gasteiger partial charge in [-0.1, -0.05) is 18.2 Å². The van der Waals surface area contributed by atoms with Gasteiger partial charge in [-0.2, -0.15) is 0 Å². The van der Waals surface area contributed by atoms with E-state index in [0.717, 1.165) is 21.0 Å². The first-order valence-corrected chi connectivity index (χ1v) is 8.18. The van der Waals surface area contributed by atoms with Crippen molar-refractivity contribution in [2.75, 3.05) is 13.7 Å². The number of halogens is 1. The number of fused-ring (bicyclic) bond motifs is 1. The monoisotopic (exact) mass is 345 g/mol. The van der Waals surface area contributed by atoms with Gasteiger partial charge < -0.3 is 15.2 Å². The van der Waals surface area contributed by atoms with Gasteiger partial charge in [0, 0.05) is 22.2 Å². The maximum Gasteiger partial charge on any atom is 0.254 e. The van der Waals surface area contributed by atoms with E-state index in [2.05, 4.69) is 5.32 Å². The lowest BCUT2D eigenvalue weighted by molar-refractivity contribution is 0.0914. The molecule has 2 N–H and O–H groups in total. The number of rotatable bonds is 5. The summed E-state index contributed by atoms with van der Waals surface area (Å²) in [7, 11) is 1.43. The third-order valence-electron chi connectivity index (χ3n) is 3.65. The van der Waals surface area contributed by atoms with Gasteiger partial charge in [-0.05, 0) is 29.7 Å². The molecule has 0 spiro atoms. The van der Waals surface area contributed by atoms with Crippen LogP contribution >= 0.6 is 11.3 Å². The molecule has 4 nitrogen and oxygen atoms in total. The fourth-order valence-corrected chi connectivity index (χ4v) is 3.41. The molecule has 3 rings (SSSR count). The zero-order valence-electron chi connectivity index (χ0n) is 13.0. The van der Waals surface area contributed by atoms with E-state index in [1.54, 1.807) is 0 Å². The van der Waals surface area contributed by atoms with E-state index in [0.29, 0.717) is 5.75 Å². The smallest absolute Gasteiger partial charge is 0.254 e. The molecule has 0 aliphatic rings. The number of hydrogen-bond donors (Lipinski definition) is 2. The number of aliphatic hydroxyl groups excluding tert-OH is 1. The number of carbonyl (C=O) groups excluding carboxylic acids is 1. The van der Waals surface area contributed by atoms with Crippen molar-refractivity contribution >= 4 is 27.3 Å². The minimum atomic E-state index is -0.840. The number of nitrogens with one attached hydrogen (secondary N) is 1. The lowest BCUT2D eigenvalue weighted by atomic mass is 10.2. The van der Waals surface area contributed by atoms with Crippen molar-refractivity contribution < 1.29 is 19.0 Å². The zero-order chi connectivity index (χ0) is 17.1. The summed E-state index contributed by atoms with van der Waals surface area (Å²) in [4.78, 5) is 12.8. The van der Waals surface area contributed by atoms with Crippen molar-refractivity contribution in [3.05, 3.63) is 64.8 Å². The van der Waals surface area contributed by atoms with Crippen LogP contribution in [-0.4, -0.2) is 24.7 Å². The molecule has 1 heterocycles. The number of ether oxygens (including phenoxy) is 1. The molecule has 0 saturated heterocycles. The van der Waals surface area contributed by atoms with Gasteiger partial charge in [0.05, 0.1) is 12.7 Å². The second kappa shape index (κ2) is 6.98. The number of amides is 1. The molecule has 1 unspecified atom stereocenters. The minimum absolute atomic E-state index is 0.0110. The Labute approximate surface area is 142 Å². The molecule has 1 amide bonds. The Morgan fingerprint density at radius 3 is 2.79 bits per heavy atom. The molecule has 0 aliphatic carbocycles. The summed E-state index contributed by atoms with van der Waals surface area (Å²) >= 11 is 1.47. The van der Waals surface area contributed by atoms with Crippen LogP contribution in [0, 0.1) is 5.82 Å². The van der Waals surface area contributed by atoms with Gasteiger partial charge >= 0.3 is 0 Å². The van der Waals surface area contributed by atoms with Crippen LogP contribution in [0.25, 0.3) is 10.1 Å². The van der Waals surface area contributed by atoms with Crippen molar-refractivity contribution in [3.63, 3.8) is 0 Å². The summed E-state index contributed by atoms with van der Waals surface area (Å²) in [6, 6.07) is 13.7. The Kier molecular flexibility index (Phi) is 4.78. The van der Waals surface area contributed by atoms with Crippen molar-refractivity contribution in [2.24, 2.45) is 0 Å². The summed E-state index contributed by atoms with van der Waals surface area (Å²) in [5.74, 6) is -0.895. The second-order valence-electron chi connectivity index (χ2n) is 5.26. The third-order valence-corrected chi connectivity index (χ3v) is 4.87. The van der Waals surface area contributed by atoms with E-state index in [1.165, 1.54) is 30.6 Å². The molecule has 0 bridgehead atoms. The number of thiophene rings is 1. The molecule has 6 heteroatoms. The van der Waals surface area contributed by atoms with Gasteiger partial charge in [0.1, 0.15) is 17.7 Å². The highest BCUT2D eigenvalue weighted by molar-refractivity contribution is 7.19. The van der Waals surface area contributed by atoms with E-state index in [9.17, 15) is 14.3 Å². The molecule has 0 aliphatic heterocycles. The van der Waals surface area contributed by atoms with Crippen molar-refractivity contribution in [3.8, 4) is 5.75 Å². The molecule has 3 aromatic rings. The maximum atomic E-state index is 13.9. The molecule has 0 fully saturated rings. The van der Waals surface area contributed by atoms with E-state index in [4.69, 9.17) is 4.74 Å². The molecule has 2 aromatic carbocycles. The van der Waals surface area contributed by atoms with Crippen LogP contribution in [0.5, 0.6) is 5.75 Å². The molecule has 0 radical (unpaired) electrons. The number of hydrogen-bond acceptors (Lipinski definition) is 4. The van der Waals surface area contributed by atoms with Gasteiger partial charge in [-0.25, -0.2) is 4.39 Å². The Hall–Kier alpha value is -2.44. The molecular formula is C18H16FNO3S. The van der Waals surface area contributed by atoms with E-state index < -0.39 is 17.8 Å². The van der Waals surface area contributed by atoms with Gasteiger partial charge in [0.25, 0.3) is 5.91 Å². The van der Waals surface area contributed by atoms with Crippen molar-refractivity contribution in [2.45, 2.75) is 6.10 Å². The van der Waals surface area contributed by atoms with E-state index in [1.807, 2.05) is 30.3 Å². The standard InChI is InChI=1S/C18H16FNO3S/c1-23-12-6-7-13(14(19)9-12)18(22)20-10-15(21)17-8-11-4-2-3-5-16(11)24-17/h2-9,15,21H,10H2,1H3,(H,20,22). The van der Waals surface area contributed by atoms with Crippen LogP contribution in [0.3, 0.4) is 0 Å². The van der Waals surface area contributed by atoms with Crippen LogP contribution in [0.15, 0.2) is 48.5 Å². The summed E-state index contributed by atoms with van der Waals surface area (Å²) in [5, 5.41) is 13.9. The topological polar surface area (TPSA) is 58.6 Å². The fraction of sp³-hybridized carbons (Fsp3) is 0.167. The highest BCUT2D eigenvalue weighted by atomic mass is 32.1. The maximum absolute atomic E-state index is 13.9. The fourth-order valence-electron chi connectivity index (χ4n) is 2.36. The first kappa shape index (κ1) is 16.4. The van der Waals surface area contributed by atoms with Gasteiger partial charge in [-0.3, -0.25) is 4.79 Å². The summed E-state index contributed by atoms with van der Waals surface area (Å²) in [5.41, 5.74) is -0.0839. The van der Waals surface area contributed by atoms with Gasteiger partial charge in [0.2, 0.25) is 0 Å². The van der Waals surface area contributed by atoms with Gasteiger partial charge in [-0.15, -0.1) is 11.3 Å². The largest absolute Gasteiger partial charge is 0.497 e. The van der Waals surface area contributed by atoms with Crippen LogP contribution in [-0.2, 0) is 0 Å². The van der Waals surface area contributed by atoms with Crippen LogP contribution < -0.4 is 10.1 Å². The molecule has 1 aromatic heterocycles. The van der Waals surface area contributed by atoms with Crippen molar-refractivity contribution in [1.82, 2.24) is 5.32 Å². The predicted molar refractivity (Wildman–Crippen MR) is 92.1 cm³/mol. The molecule has 1 atom stereocenters. The summed E-state index contributed by atoms with van der Waals surface area (Å²) < 4.78 is 19.8. The highest BCUT2D eigenvalue weighted by Crippen LogP contribution is 2.29. The predicted octanol–water partition coefficient (Wildman–Crippen LogP) is 3.51. The van der Waals surface area contributed by atoms with Crippen LogP contribution in [0.4, 0.5) is 4.39 Å². The molecule has 24 heavy (non-hydrogen) atoms. The van der Waals surface area contributed by atoms with Crippen molar-refractivity contribution in [1.29, 1.82) is 0 Å². The quantitative estimate of drug-likeness (QED) is 0.744. The summed E-state index contributed by atoms with van der Waals surface area (Å²) in [6.45, 7) is 0.0110. The first-order chi connectivity index (χ1) is 11.6. The Morgan fingerprint density at radius 2 is 2.08 bits per heavy atom. The highest BCUT2D eigenvalue weighted by Gasteiger charge is 2.16. The zero-order valence-corrected chi connectivity index (χ0v) is 13.8. The third kappa shape index (κ3) is 3.39. The first-order valence-electron chi connectivity index (χ1n) is 7.37. The Bertz CT molecular complexity index is 845. The Balaban J connectivity index is 1.67. The minimum Gasteiger partial charge on any atom is -0.497 e. The lowest BCUT2D eigenvalue weighted by Gasteiger charge is -2.11. The number of carbonyl (C=O) groups is 1. The van der Waals surface area contributed by atoms with E-state index >= 15 is 0 Å². The average molecular weight is 345 g/mol. The molecule has 124 valence electrons. The van der Waals surface area contributed by atoms with Crippen LogP contribution in [0.1, 0.15) is 21.3 Å². The lowest BCUT2D eigenvalue weighted by Crippen LogP contribution is -2.28. The number of aliphatic hydroxyl groups is 1. The normalized spacial score (nSPS) is 12.1. The number of methoxy groups -OCH3 is 1. The SMILES string of the molecule is COc1ccc(C(=O)NCC(O)c2cc3ccccc3s2)c(F)c1. The average Bonchev–Trinajstić information content (AvgIpc) is 3.03.